The van der Waals surface area contributed by atoms with Crippen LogP contribution >= 0.6 is 0 Å². The Bertz CT molecular complexity index is 1130. The van der Waals surface area contributed by atoms with Crippen molar-refractivity contribution in [3.05, 3.63) is 77.4 Å². The molecule has 1 aliphatic rings. The van der Waals surface area contributed by atoms with Crippen LogP contribution < -0.4 is 20.3 Å². The van der Waals surface area contributed by atoms with Crippen LogP contribution in [0.2, 0.25) is 0 Å². The highest BCUT2D eigenvalue weighted by Gasteiger charge is 2.28. The number of hydrogen-bond acceptors (Lipinski definition) is 4. The number of halogens is 1. The molecule has 0 saturated heterocycles. The van der Waals surface area contributed by atoms with Crippen LogP contribution in [-0.4, -0.2) is 29.1 Å². The summed E-state index contributed by atoms with van der Waals surface area (Å²) in [5, 5.41) is 0. The van der Waals surface area contributed by atoms with Crippen LogP contribution in [0.5, 0.6) is 11.5 Å². The molecular weight excluding hydrogens is 389 g/mol. The minimum atomic E-state index is -0.897. The number of carbonyl (C=O) groups excluding carboxylic acids is 2. The number of carbonyl (C=O) groups is 2. The second-order valence-corrected chi connectivity index (χ2v) is 6.88. The van der Waals surface area contributed by atoms with Crippen LogP contribution in [0, 0.1) is 19.7 Å². The minimum Gasteiger partial charge on any atom is -0.485 e. The zero-order chi connectivity index (χ0) is 21.3. The Morgan fingerprint density at radius 1 is 1.03 bits per heavy atom. The lowest BCUT2D eigenvalue weighted by Gasteiger charge is -2.25. The predicted octanol–water partition coefficient (Wildman–Crippen LogP) is 2.83. The van der Waals surface area contributed by atoms with E-state index < -0.39 is 23.7 Å². The Hall–Kier alpha value is -3.81. The quantitative estimate of drug-likeness (QED) is 0.652. The van der Waals surface area contributed by atoms with Crippen molar-refractivity contribution in [1.82, 2.24) is 15.4 Å². The predicted molar refractivity (Wildman–Crippen MR) is 107 cm³/mol. The maximum atomic E-state index is 14.2. The van der Waals surface area contributed by atoms with Crippen molar-refractivity contribution in [3.63, 3.8) is 0 Å². The molecule has 154 valence electrons. The molecule has 0 aliphatic carbocycles. The molecule has 1 aromatic heterocycles. The van der Waals surface area contributed by atoms with E-state index in [4.69, 9.17) is 9.47 Å². The SMILES string of the molecule is Cc1cc(C(=O)NNC(=O)[C@@H]2COc3ccccc3O2)c(C)n1-c1ccccc1F. The summed E-state index contributed by atoms with van der Waals surface area (Å²) >= 11 is 0. The third-order valence-corrected chi connectivity index (χ3v) is 4.87. The Morgan fingerprint density at radius 3 is 2.50 bits per heavy atom. The van der Waals surface area contributed by atoms with Crippen molar-refractivity contribution >= 4 is 11.8 Å². The van der Waals surface area contributed by atoms with Crippen molar-refractivity contribution in [2.75, 3.05) is 6.61 Å². The summed E-state index contributed by atoms with van der Waals surface area (Å²) in [6.07, 6.45) is -0.897. The van der Waals surface area contributed by atoms with Crippen molar-refractivity contribution in [1.29, 1.82) is 0 Å². The average Bonchev–Trinajstić information content (AvgIpc) is 3.05. The number of fused-ring (bicyclic) bond motifs is 1. The van der Waals surface area contributed by atoms with E-state index in [-0.39, 0.29) is 6.61 Å². The first kappa shape index (κ1) is 19.5. The molecule has 0 saturated carbocycles. The molecule has 3 aromatic rings. The standard InChI is InChI=1S/C22H20FN3O4/c1-13-11-15(14(2)26(13)17-8-4-3-7-16(17)23)21(27)24-25-22(28)20-12-29-18-9-5-6-10-19(18)30-20/h3-11,20H,12H2,1-2H3,(H,24,27)(H,25,28)/t20-/m0/s1. The molecule has 1 aliphatic heterocycles. The lowest BCUT2D eigenvalue weighted by Crippen LogP contribution is -2.50. The highest BCUT2D eigenvalue weighted by molar-refractivity contribution is 5.97. The molecule has 2 amide bonds. The van der Waals surface area contributed by atoms with Gasteiger partial charge >= 0.3 is 0 Å². The molecule has 0 radical (unpaired) electrons. The van der Waals surface area contributed by atoms with E-state index in [1.807, 2.05) is 0 Å². The van der Waals surface area contributed by atoms with Crippen molar-refractivity contribution in [2.45, 2.75) is 20.0 Å². The van der Waals surface area contributed by atoms with Gasteiger partial charge in [0.1, 0.15) is 12.4 Å². The molecule has 8 heteroatoms. The summed E-state index contributed by atoms with van der Waals surface area (Å²) < 4.78 is 27.0. The first-order valence-corrected chi connectivity index (χ1v) is 9.38. The number of nitrogens with one attached hydrogen (secondary N) is 2. The number of ether oxygens (including phenoxy) is 2. The summed E-state index contributed by atoms with van der Waals surface area (Å²) in [5.41, 5.74) is 6.66. The van der Waals surface area contributed by atoms with Crippen LogP contribution in [0.25, 0.3) is 5.69 Å². The molecule has 4 rings (SSSR count). The maximum Gasteiger partial charge on any atom is 0.283 e. The summed E-state index contributed by atoms with van der Waals surface area (Å²) in [5.74, 6) is -0.430. The van der Waals surface area contributed by atoms with Gasteiger partial charge < -0.3 is 14.0 Å². The number of aromatic nitrogens is 1. The first-order valence-electron chi connectivity index (χ1n) is 9.38. The third-order valence-electron chi connectivity index (χ3n) is 4.87. The Balaban J connectivity index is 1.44. The summed E-state index contributed by atoms with van der Waals surface area (Å²) in [4.78, 5) is 25.0. The van der Waals surface area contributed by atoms with Gasteiger partial charge in [0.15, 0.2) is 11.5 Å². The molecule has 2 heterocycles. The fourth-order valence-electron chi connectivity index (χ4n) is 3.41. The van der Waals surface area contributed by atoms with Crippen molar-refractivity contribution < 1.29 is 23.5 Å². The molecule has 0 fully saturated rings. The largest absolute Gasteiger partial charge is 0.485 e. The van der Waals surface area contributed by atoms with Gasteiger partial charge in [-0.2, -0.15) is 0 Å². The molecule has 7 nitrogen and oxygen atoms in total. The van der Waals surface area contributed by atoms with E-state index in [1.54, 1.807) is 66.9 Å². The zero-order valence-corrected chi connectivity index (χ0v) is 16.4. The number of hydrogen-bond donors (Lipinski definition) is 2. The van der Waals surface area contributed by atoms with Gasteiger partial charge in [-0.25, -0.2) is 4.39 Å². The Labute approximate surface area is 172 Å². The molecule has 0 spiro atoms. The summed E-state index contributed by atoms with van der Waals surface area (Å²) in [7, 11) is 0. The van der Waals surface area contributed by atoms with Gasteiger partial charge in [0.2, 0.25) is 6.10 Å². The van der Waals surface area contributed by atoms with Gasteiger partial charge in [0.25, 0.3) is 11.8 Å². The number of rotatable bonds is 3. The smallest absolute Gasteiger partial charge is 0.283 e. The van der Waals surface area contributed by atoms with Gasteiger partial charge in [0.05, 0.1) is 11.3 Å². The highest BCUT2D eigenvalue weighted by atomic mass is 19.1. The van der Waals surface area contributed by atoms with E-state index >= 15 is 0 Å². The monoisotopic (exact) mass is 409 g/mol. The summed E-state index contributed by atoms with van der Waals surface area (Å²) in [6, 6.07) is 15.0. The molecule has 0 unspecified atom stereocenters. The van der Waals surface area contributed by atoms with E-state index in [9.17, 15) is 14.0 Å². The lowest BCUT2D eigenvalue weighted by atomic mass is 10.2. The molecular formula is C22H20FN3O4. The molecule has 0 bridgehead atoms. The van der Waals surface area contributed by atoms with Gasteiger partial charge in [0, 0.05) is 11.4 Å². The van der Waals surface area contributed by atoms with Crippen LogP contribution in [0.3, 0.4) is 0 Å². The molecule has 2 aromatic carbocycles. The van der Waals surface area contributed by atoms with E-state index in [1.165, 1.54) is 6.07 Å². The topological polar surface area (TPSA) is 81.6 Å². The number of amides is 2. The van der Waals surface area contributed by atoms with Crippen molar-refractivity contribution in [2.24, 2.45) is 0 Å². The number of hydrazine groups is 1. The van der Waals surface area contributed by atoms with Crippen LogP contribution in [0.15, 0.2) is 54.6 Å². The fourth-order valence-corrected chi connectivity index (χ4v) is 3.41. The number of para-hydroxylation sites is 3. The van der Waals surface area contributed by atoms with Gasteiger partial charge in [-0.3, -0.25) is 20.4 Å². The van der Waals surface area contributed by atoms with E-state index in [2.05, 4.69) is 10.9 Å². The molecule has 30 heavy (non-hydrogen) atoms. The second kappa shape index (κ2) is 7.90. The van der Waals surface area contributed by atoms with Gasteiger partial charge in [-0.15, -0.1) is 0 Å². The zero-order valence-electron chi connectivity index (χ0n) is 16.4. The Kier molecular flexibility index (Phi) is 5.14. The first-order chi connectivity index (χ1) is 14.5. The fraction of sp³-hybridized carbons (Fsp3) is 0.182. The van der Waals surface area contributed by atoms with Crippen LogP contribution in [0.4, 0.5) is 4.39 Å². The lowest BCUT2D eigenvalue weighted by molar-refractivity contribution is -0.131. The van der Waals surface area contributed by atoms with Gasteiger partial charge in [-0.05, 0) is 44.2 Å². The van der Waals surface area contributed by atoms with Gasteiger partial charge in [-0.1, -0.05) is 24.3 Å². The third kappa shape index (κ3) is 3.59. The number of nitrogens with zero attached hydrogens (tertiary/aromatic N) is 1. The maximum absolute atomic E-state index is 14.2. The van der Waals surface area contributed by atoms with Crippen molar-refractivity contribution in [3.8, 4) is 17.2 Å². The summed E-state index contributed by atoms with van der Waals surface area (Å²) in [6.45, 7) is 3.52. The van der Waals surface area contributed by atoms with Crippen LogP contribution in [0.1, 0.15) is 21.7 Å². The number of aryl methyl sites for hydroxylation is 1. The highest BCUT2D eigenvalue weighted by Crippen LogP contribution is 2.30. The van der Waals surface area contributed by atoms with E-state index in [0.29, 0.717) is 34.1 Å². The minimum absolute atomic E-state index is 0.0283. The van der Waals surface area contributed by atoms with Crippen LogP contribution in [-0.2, 0) is 4.79 Å². The van der Waals surface area contributed by atoms with E-state index in [0.717, 1.165) is 0 Å². The normalized spacial score (nSPS) is 14.8. The number of benzene rings is 2. The second-order valence-electron chi connectivity index (χ2n) is 6.88. The molecule has 1 atom stereocenters. The average molecular weight is 409 g/mol. The Morgan fingerprint density at radius 2 is 1.73 bits per heavy atom. The molecule has 2 N–H and O–H groups in total.